The van der Waals surface area contributed by atoms with Crippen LogP contribution >= 0.6 is 11.3 Å². The van der Waals surface area contributed by atoms with Crippen molar-refractivity contribution in [1.82, 2.24) is 14.8 Å². The molecule has 2 saturated heterocycles. The van der Waals surface area contributed by atoms with E-state index in [0.717, 1.165) is 46.9 Å². The highest BCUT2D eigenvalue weighted by Crippen LogP contribution is 2.37. The number of benzene rings is 1. The zero-order valence-corrected chi connectivity index (χ0v) is 17.1. The summed E-state index contributed by atoms with van der Waals surface area (Å²) in [6, 6.07) is 7.67. The number of carbonyl (C=O) groups is 1. The van der Waals surface area contributed by atoms with Gasteiger partial charge in [0, 0.05) is 24.8 Å². The van der Waals surface area contributed by atoms with Crippen LogP contribution in [0.25, 0.3) is 10.2 Å². The summed E-state index contributed by atoms with van der Waals surface area (Å²) in [5, 5.41) is 4.64. The first kappa shape index (κ1) is 19.5. The highest BCUT2D eigenvalue weighted by Gasteiger charge is 2.49. The van der Waals surface area contributed by atoms with Gasteiger partial charge in [0.15, 0.2) is 5.71 Å². The van der Waals surface area contributed by atoms with Crippen LogP contribution in [0.1, 0.15) is 26.2 Å². The van der Waals surface area contributed by atoms with Gasteiger partial charge < -0.3 is 4.90 Å². The van der Waals surface area contributed by atoms with Gasteiger partial charge >= 0.3 is 6.18 Å². The smallest absolute Gasteiger partial charge is 0.361 e. The summed E-state index contributed by atoms with van der Waals surface area (Å²) < 4.78 is 42.3. The Bertz CT molecular complexity index is 1040. The van der Waals surface area contributed by atoms with Crippen LogP contribution in [0.3, 0.4) is 0 Å². The Morgan fingerprint density at radius 2 is 2.00 bits per heavy atom. The van der Waals surface area contributed by atoms with Crippen molar-refractivity contribution in [2.75, 3.05) is 24.8 Å². The number of hydrogen-bond donors (Lipinski definition) is 0. The topological polar surface area (TPSA) is 52.0 Å². The van der Waals surface area contributed by atoms with Crippen molar-refractivity contribution >= 4 is 38.3 Å². The Kier molecular flexibility index (Phi) is 4.59. The SMILES string of the molecule is C/C(=C1\C(=O)N(c2nc3ccccc3s2)N=C1C(F)(F)F)N1CC[C@H]2CCCN2C1. The Hall–Kier alpha value is -2.46. The molecule has 5 rings (SSSR count). The summed E-state index contributed by atoms with van der Waals surface area (Å²) in [6.45, 7) is 3.71. The molecule has 1 aromatic carbocycles. The fourth-order valence-electron chi connectivity index (χ4n) is 4.44. The van der Waals surface area contributed by atoms with Crippen LogP contribution in [0.2, 0.25) is 0 Å². The number of para-hydroxylation sites is 1. The molecule has 1 aromatic heterocycles. The minimum Gasteiger partial charge on any atom is -0.361 e. The zero-order valence-electron chi connectivity index (χ0n) is 16.3. The molecule has 0 bridgehead atoms. The molecule has 3 aliphatic rings. The first-order valence-electron chi connectivity index (χ1n) is 9.89. The average Bonchev–Trinajstić information content (AvgIpc) is 3.42. The van der Waals surface area contributed by atoms with E-state index in [9.17, 15) is 18.0 Å². The number of hydrazone groups is 1. The van der Waals surface area contributed by atoms with Gasteiger partial charge in [-0.1, -0.05) is 23.5 Å². The van der Waals surface area contributed by atoms with E-state index in [1.54, 1.807) is 19.1 Å². The molecule has 0 aliphatic carbocycles. The maximum Gasteiger partial charge on any atom is 0.436 e. The molecule has 0 spiro atoms. The van der Waals surface area contributed by atoms with Crippen molar-refractivity contribution in [2.24, 2.45) is 5.10 Å². The van der Waals surface area contributed by atoms with E-state index in [2.05, 4.69) is 15.0 Å². The van der Waals surface area contributed by atoms with E-state index in [1.807, 2.05) is 17.0 Å². The molecule has 3 aliphatic heterocycles. The second-order valence-corrected chi connectivity index (χ2v) is 8.80. The standard InChI is InChI=1S/C20H20F3N5OS/c1-12(26-10-8-13-5-4-9-27(13)11-26)16-17(20(21,22)23)25-28(18(16)29)19-24-14-6-2-3-7-15(14)30-19/h2-3,6-7,13H,4-5,8-11H2,1H3/b16-12+/t13-/m1/s1. The molecule has 2 fully saturated rings. The molecule has 0 unspecified atom stereocenters. The van der Waals surface area contributed by atoms with Crippen molar-refractivity contribution in [3.8, 4) is 0 Å². The molecule has 10 heteroatoms. The van der Waals surface area contributed by atoms with E-state index < -0.39 is 17.8 Å². The van der Waals surface area contributed by atoms with Gasteiger partial charge in [-0.25, -0.2) is 4.98 Å². The average molecular weight is 435 g/mol. The molecule has 0 N–H and O–H groups in total. The lowest BCUT2D eigenvalue weighted by atomic mass is 10.1. The van der Waals surface area contributed by atoms with Crippen LogP contribution in [0.15, 0.2) is 40.6 Å². The third-order valence-electron chi connectivity index (χ3n) is 6.00. The number of hydrogen-bond acceptors (Lipinski definition) is 6. The number of allylic oxidation sites excluding steroid dienone is 1. The first-order chi connectivity index (χ1) is 14.3. The molecular formula is C20H20F3N5OS. The summed E-state index contributed by atoms with van der Waals surface area (Å²) in [7, 11) is 0. The summed E-state index contributed by atoms with van der Waals surface area (Å²) >= 11 is 1.15. The maximum absolute atomic E-state index is 13.8. The van der Waals surface area contributed by atoms with Gasteiger partial charge in [0.1, 0.15) is 0 Å². The molecule has 30 heavy (non-hydrogen) atoms. The maximum atomic E-state index is 13.8. The molecule has 2 aromatic rings. The highest BCUT2D eigenvalue weighted by molar-refractivity contribution is 7.22. The number of thiazole rings is 1. The molecule has 6 nitrogen and oxygen atoms in total. The predicted molar refractivity (Wildman–Crippen MR) is 109 cm³/mol. The first-order valence-corrected chi connectivity index (χ1v) is 10.7. The quantitative estimate of drug-likeness (QED) is 0.670. The predicted octanol–water partition coefficient (Wildman–Crippen LogP) is 3.96. The van der Waals surface area contributed by atoms with Gasteiger partial charge in [-0.15, -0.1) is 0 Å². The Balaban J connectivity index is 1.53. The Morgan fingerprint density at radius 3 is 2.77 bits per heavy atom. The molecule has 1 atom stereocenters. The fourth-order valence-corrected chi connectivity index (χ4v) is 5.36. The molecule has 0 saturated carbocycles. The van der Waals surface area contributed by atoms with Crippen LogP contribution in [-0.4, -0.2) is 58.4 Å². The fraction of sp³-hybridized carbons (Fsp3) is 0.450. The van der Waals surface area contributed by atoms with Gasteiger partial charge in [0.2, 0.25) is 5.13 Å². The number of fused-ring (bicyclic) bond motifs is 2. The third-order valence-corrected chi connectivity index (χ3v) is 7.01. The number of halogens is 3. The lowest BCUT2D eigenvalue weighted by Gasteiger charge is -2.39. The monoisotopic (exact) mass is 435 g/mol. The molecule has 0 radical (unpaired) electrons. The molecule has 1 amide bonds. The van der Waals surface area contributed by atoms with Crippen molar-refractivity contribution < 1.29 is 18.0 Å². The normalized spacial score (nSPS) is 24.6. The lowest BCUT2D eigenvalue weighted by Crippen LogP contribution is -2.47. The molecule has 158 valence electrons. The number of aromatic nitrogens is 1. The van der Waals surface area contributed by atoms with Gasteiger partial charge in [-0.2, -0.15) is 23.3 Å². The molecule has 4 heterocycles. The second kappa shape index (κ2) is 7.05. The van der Waals surface area contributed by atoms with Crippen molar-refractivity contribution in [1.29, 1.82) is 0 Å². The number of alkyl halides is 3. The van der Waals surface area contributed by atoms with Gasteiger partial charge in [-0.05, 0) is 38.3 Å². The summed E-state index contributed by atoms with van der Waals surface area (Å²) in [5.41, 5.74) is -0.573. The van der Waals surface area contributed by atoms with Crippen LogP contribution < -0.4 is 5.01 Å². The summed E-state index contributed by atoms with van der Waals surface area (Å²) in [6.07, 6.45) is -1.61. The lowest BCUT2D eigenvalue weighted by molar-refractivity contribution is -0.114. The van der Waals surface area contributed by atoms with Crippen molar-refractivity contribution in [3.63, 3.8) is 0 Å². The Morgan fingerprint density at radius 1 is 1.20 bits per heavy atom. The second-order valence-electron chi connectivity index (χ2n) is 7.79. The summed E-state index contributed by atoms with van der Waals surface area (Å²) in [5.74, 6) is -0.776. The minimum absolute atomic E-state index is 0.143. The van der Waals surface area contributed by atoms with Gasteiger partial charge in [-0.3, -0.25) is 9.69 Å². The third kappa shape index (κ3) is 3.18. The number of anilines is 1. The zero-order chi connectivity index (χ0) is 21.0. The van der Waals surface area contributed by atoms with Gasteiger partial charge in [0.25, 0.3) is 5.91 Å². The molecular weight excluding hydrogens is 415 g/mol. The number of amides is 1. The van der Waals surface area contributed by atoms with Crippen LogP contribution in [0.5, 0.6) is 0 Å². The van der Waals surface area contributed by atoms with Crippen molar-refractivity contribution in [3.05, 3.63) is 35.5 Å². The van der Waals surface area contributed by atoms with Crippen LogP contribution in [0.4, 0.5) is 18.3 Å². The number of rotatable bonds is 2. The van der Waals surface area contributed by atoms with Crippen LogP contribution in [0, 0.1) is 0 Å². The Labute approximate surface area is 175 Å². The van der Waals surface area contributed by atoms with E-state index >= 15 is 0 Å². The van der Waals surface area contributed by atoms with E-state index in [1.165, 1.54) is 0 Å². The summed E-state index contributed by atoms with van der Waals surface area (Å²) in [4.78, 5) is 21.6. The van der Waals surface area contributed by atoms with Gasteiger partial charge in [0.05, 0.1) is 22.5 Å². The van der Waals surface area contributed by atoms with E-state index in [0.29, 0.717) is 30.5 Å². The van der Waals surface area contributed by atoms with Crippen molar-refractivity contribution in [2.45, 2.75) is 38.4 Å². The van der Waals surface area contributed by atoms with Crippen LogP contribution in [-0.2, 0) is 4.79 Å². The number of carbonyl (C=O) groups excluding carboxylic acids is 1. The largest absolute Gasteiger partial charge is 0.436 e. The van der Waals surface area contributed by atoms with E-state index in [4.69, 9.17) is 0 Å². The van der Waals surface area contributed by atoms with E-state index in [-0.39, 0.29) is 10.7 Å². The number of nitrogens with zero attached hydrogens (tertiary/aromatic N) is 5. The highest BCUT2D eigenvalue weighted by atomic mass is 32.1. The minimum atomic E-state index is -4.73.